The molecule has 3 N–H and O–H groups in total. The van der Waals surface area contributed by atoms with Gasteiger partial charge >= 0.3 is 0 Å². The largest absolute Gasteiger partial charge is 0.493 e. The van der Waals surface area contributed by atoms with Gasteiger partial charge < -0.3 is 20.1 Å². The molecule has 0 saturated carbocycles. The van der Waals surface area contributed by atoms with Gasteiger partial charge in [0, 0.05) is 22.1 Å². The Morgan fingerprint density at radius 2 is 1.88 bits per heavy atom. The zero-order chi connectivity index (χ0) is 24.1. The average Bonchev–Trinajstić information content (AvgIpc) is 3.26. The summed E-state index contributed by atoms with van der Waals surface area (Å²) in [6.45, 7) is 4.30. The number of aryl methyl sites for hydroxylation is 1. The summed E-state index contributed by atoms with van der Waals surface area (Å²) < 4.78 is 5.87. The first-order chi connectivity index (χ1) is 16.5. The van der Waals surface area contributed by atoms with Gasteiger partial charge in [0.25, 0.3) is 5.91 Å². The summed E-state index contributed by atoms with van der Waals surface area (Å²) in [7, 11) is 0. The third-order valence-corrected chi connectivity index (χ3v) is 6.30. The first-order valence-electron chi connectivity index (χ1n) is 11.5. The number of para-hydroxylation sites is 1. The molecule has 0 bridgehead atoms. The molecule has 0 unspecified atom stereocenters. The Labute approximate surface area is 204 Å². The van der Waals surface area contributed by atoms with E-state index >= 15 is 0 Å². The van der Waals surface area contributed by atoms with Crippen LogP contribution in [-0.4, -0.2) is 35.3 Å². The van der Waals surface area contributed by atoms with Crippen molar-refractivity contribution in [2.75, 3.05) is 13.2 Å². The number of hydrogen-bond acceptors (Lipinski definition) is 3. The number of aliphatic hydroxyl groups is 1. The number of fused-ring (bicyclic) bond motifs is 1. The molecule has 0 saturated heterocycles. The zero-order valence-electron chi connectivity index (χ0n) is 19.4. The summed E-state index contributed by atoms with van der Waals surface area (Å²) in [6, 6.07) is 19.0. The van der Waals surface area contributed by atoms with Crippen molar-refractivity contribution in [2.24, 2.45) is 0 Å². The standard InChI is InChI=1S/C28H29ClN2O3/c1-3-12-34-27-11-10-19(20-9-8-18(2)25(29)15-20)14-24(27)28(33)31-22(17-32)13-21-16-30-26-7-5-4-6-23(21)26/h4-11,14-16,22,30,32H,3,12-13,17H2,1-2H3,(H,31,33)/t22-/m0/s1. The molecule has 176 valence electrons. The summed E-state index contributed by atoms with van der Waals surface area (Å²) in [6.07, 6.45) is 3.26. The second kappa shape index (κ2) is 10.8. The van der Waals surface area contributed by atoms with Gasteiger partial charge in [0.15, 0.2) is 0 Å². The number of benzene rings is 3. The Kier molecular flexibility index (Phi) is 7.56. The van der Waals surface area contributed by atoms with E-state index in [2.05, 4.69) is 10.3 Å². The van der Waals surface area contributed by atoms with Gasteiger partial charge in [-0.2, -0.15) is 0 Å². The molecule has 4 aromatic rings. The lowest BCUT2D eigenvalue weighted by atomic mass is 10.00. The van der Waals surface area contributed by atoms with Crippen LogP contribution in [-0.2, 0) is 6.42 Å². The topological polar surface area (TPSA) is 74.3 Å². The van der Waals surface area contributed by atoms with Crippen LogP contribution in [0.15, 0.2) is 66.9 Å². The molecule has 0 aliphatic rings. The maximum Gasteiger partial charge on any atom is 0.255 e. The lowest BCUT2D eigenvalue weighted by molar-refractivity contribution is 0.0912. The molecule has 0 aliphatic carbocycles. The molecule has 1 amide bonds. The van der Waals surface area contributed by atoms with Crippen molar-refractivity contribution in [1.82, 2.24) is 10.3 Å². The highest BCUT2D eigenvalue weighted by Gasteiger charge is 2.20. The van der Waals surface area contributed by atoms with E-state index in [1.807, 2.05) is 80.7 Å². The predicted molar refractivity (Wildman–Crippen MR) is 138 cm³/mol. The molecule has 0 aliphatic heterocycles. The molecule has 34 heavy (non-hydrogen) atoms. The van der Waals surface area contributed by atoms with Crippen LogP contribution in [0.25, 0.3) is 22.0 Å². The van der Waals surface area contributed by atoms with E-state index in [1.165, 1.54) is 0 Å². The minimum Gasteiger partial charge on any atom is -0.493 e. The highest BCUT2D eigenvalue weighted by molar-refractivity contribution is 6.31. The second-order valence-electron chi connectivity index (χ2n) is 8.44. The molecular formula is C28H29ClN2O3. The molecule has 0 radical (unpaired) electrons. The summed E-state index contributed by atoms with van der Waals surface area (Å²) in [5.74, 6) is 0.232. The number of carbonyl (C=O) groups is 1. The van der Waals surface area contributed by atoms with Crippen molar-refractivity contribution in [1.29, 1.82) is 0 Å². The summed E-state index contributed by atoms with van der Waals surface area (Å²) >= 11 is 6.33. The van der Waals surface area contributed by atoms with Gasteiger partial charge in [-0.15, -0.1) is 0 Å². The number of aliphatic hydroxyl groups excluding tert-OH is 1. The lowest BCUT2D eigenvalue weighted by Crippen LogP contribution is -2.39. The SMILES string of the molecule is CCCOc1ccc(-c2ccc(C)c(Cl)c2)cc1C(=O)N[C@H](CO)Cc1c[nH]c2ccccc12. The first-order valence-corrected chi connectivity index (χ1v) is 11.9. The lowest BCUT2D eigenvalue weighted by Gasteiger charge is -2.18. The summed E-state index contributed by atoms with van der Waals surface area (Å²) in [4.78, 5) is 16.6. The number of amides is 1. The Morgan fingerprint density at radius 1 is 1.12 bits per heavy atom. The third-order valence-electron chi connectivity index (χ3n) is 5.89. The van der Waals surface area contributed by atoms with E-state index < -0.39 is 6.04 Å². The number of halogens is 1. The Bertz CT molecular complexity index is 1300. The Hall–Kier alpha value is -3.28. The predicted octanol–water partition coefficient (Wildman–Crippen LogP) is 5.92. The number of aromatic amines is 1. The van der Waals surface area contributed by atoms with E-state index in [0.717, 1.165) is 39.6 Å². The second-order valence-corrected chi connectivity index (χ2v) is 8.85. The zero-order valence-corrected chi connectivity index (χ0v) is 20.2. The molecular weight excluding hydrogens is 448 g/mol. The number of nitrogens with one attached hydrogen (secondary N) is 2. The normalized spacial score (nSPS) is 12.0. The average molecular weight is 477 g/mol. The Balaban J connectivity index is 1.60. The highest BCUT2D eigenvalue weighted by atomic mass is 35.5. The van der Waals surface area contributed by atoms with Gasteiger partial charge in [0.1, 0.15) is 5.75 Å². The van der Waals surface area contributed by atoms with Crippen molar-refractivity contribution in [3.63, 3.8) is 0 Å². The van der Waals surface area contributed by atoms with Gasteiger partial charge in [0.2, 0.25) is 0 Å². The maximum absolute atomic E-state index is 13.4. The van der Waals surface area contributed by atoms with Crippen molar-refractivity contribution in [3.05, 3.63) is 88.6 Å². The van der Waals surface area contributed by atoms with Gasteiger partial charge in [-0.3, -0.25) is 4.79 Å². The molecule has 5 nitrogen and oxygen atoms in total. The summed E-state index contributed by atoms with van der Waals surface area (Å²) in [5.41, 5.74) is 5.28. The quantitative estimate of drug-likeness (QED) is 0.281. The van der Waals surface area contributed by atoms with Gasteiger partial charge in [-0.25, -0.2) is 0 Å². The molecule has 1 aromatic heterocycles. The van der Waals surface area contributed by atoms with Crippen LogP contribution < -0.4 is 10.1 Å². The van der Waals surface area contributed by atoms with Crippen LogP contribution in [0.4, 0.5) is 0 Å². The van der Waals surface area contributed by atoms with E-state index in [4.69, 9.17) is 16.3 Å². The minimum absolute atomic E-state index is 0.177. The van der Waals surface area contributed by atoms with Crippen molar-refractivity contribution in [3.8, 4) is 16.9 Å². The summed E-state index contributed by atoms with van der Waals surface area (Å²) in [5, 5.41) is 14.8. The van der Waals surface area contributed by atoms with E-state index in [9.17, 15) is 9.90 Å². The number of carbonyl (C=O) groups excluding carboxylic acids is 1. The fourth-order valence-corrected chi connectivity index (χ4v) is 4.17. The van der Waals surface area contributed by atoms with Crippen LogP contribution in [0.3, 0.4) is 0 Å². The van der Waals surface area contributed by atoms with Crippen molar-refractivity contribution >= 4 is 28.4 Å². The third kappa shape index (κ3) is 5.27. The van der Waals surface area contributed by atoms with E-state index in [-0.39, 0.29) is 12.5 Å². The number of H-pyrrole nitrogens is 1. The number of ether oxygens (including phenoxy) is 1. The number of hydrogen-bond donors (Lipinski definition) is 3. The highest BCUT2D eigenvalue weighted by Crippen LogP contribution is 2.30. The molecule has 6 heteroatoms. The first kappa shape index (κ1) is 23.9. The van der Waals surface area contributed by atoms with Crippen molar-refractivity contribution < 1.29 is 14.6 Å². The van der Waals surface area contributed by atoms with Crippen molar-refractivity contribution in [2.45, 2.75) is 32.7 Å². The van der Waals surface area contributed by atoms with Crippen LogP contribution in [0.1, 0.15) is 34.8 Å². The van der Waals surface area contributed by atoms with E-state index in [0.29, 0.717) is 29.4 Å². The monoisotopic (exact) mass is 476 g/mol. The van der Waals surface area contributed by atoms with Gasteiger partial charge in [-0.05, 0) is 66.3 Å². The van der Waals surface area contributed by atoms with E-state index in [1.54, 1.807) is 0 Å². The fourth-order valence-electron chi connectivity index (χ4n) is 3.99. The number of rotatable bonds is 9. The fraction of sp³-hybridized carbons (Fsp3) is 0.250. The molecule has 0 fully saturated rings. The van der Waals surface area contributed by atoms with Crippen LogP contribution in [0, 0.1) is 6.92 Å². The molecule has 3 aromatic carbocycles. The molecule has 1 atom stereocenters. The van der Waals surface area contributed by atoms with Crippen LogP contribution in [0.2, 0.25) is 5.02 Å². The van der Waals surface area contributed by atoms with Crippen LogP contribution >= 0.6 is 11.6 Å². The molecule has 1 heterocycles. The molecule has 4 rings (SSSR count). The smallest absolute Gasteiger partial charge is 0.255 e. The molecule has 0 spiro atoms. The minimum atomic E-state index is -0.441. The number of aromatic nitrogens is 1. The van der Waals surface area contributed by atoms with Gasteiger partial charge in [0.05, 0.1) is 24.8 Å². The van der Waals surface area contributed by atoms with Gasteiger partial charge in [-0.1, -0.05) is 54.9 Å². The maximum atomic E-state index is 13.4. The van der Waals surface area contributed by atoms with Crippen LogP contribution in [0.5, 0.6) is 5.75 Å². The Morgan fingerprint density at radius 3 is 2.65 bits per heavy atom.